The van der Waals surface area contributed by atoms with E-state index in [1.165, 1.54) is 10.9 Å². The van der Waals surface area contributed by atoms with Crippen LogP contribution in [0.3, 0.4) is 0 Å². The summed E-state index contributed by atoms with van der Waals surface area (Å²) in [5.41, 5.74) is 0.579. The van der Waals surface area contributed by atoms with Crippen molar-refractivity contribution < 1.29 is 38.8 Å². The van der Waals surface area contributed by atoms with Crippen molar-refractivity contribution in [3.05, 3.63) is 11.6 Å². The van der Waals surface area contributed by atoms with E-state index in [1.807, 2.05) is 0 Å². The fourth-order valence-electron chi connectivity index (χ4n) is 4.43. The Morgan fingerprint density at radius 2 is 2.00 bits per heavy atom. The lowest BCUT2D eigenvalue weighted by atomic mass is 10.1. The molecule has 0 saturated carbocycles. The molecule has 2 aromatic heterocycles. The van der Waals surface area contributed by atoms with Gasteiger partial charge in [-0.2, -0.15) is 9.97 Å². The van der Waals surface area contributed by atoms with Crippen LogP contribution in [0.25, 0.3) is 11.2 Å². The SMILES string of the molecule is CCCN1CCNC(Nc2nc(Cl)nc3c2ncn3[C@@H]2O[C@H](CNP(=O)(O)CP(=O)(O)O)C(O)C2O)C1. The van der Waals surface area contributed by atoms with Gasteiger partial charge in [0.2, 0.25) is 5.28 Å². The first-order valence-corrected chi connectivity index (χ1v) is 15.6. The van der Waals surface area contributed by atoms with Gasteiger partial charge in [0.05, 0.1) is 12.5 Å². The number of halogens is 1. The third-order valence-electron chi connectivity index (χ3n) is 6.03. The molecule has 0 amide bonds. The number of hydrogen-bond acceptors (Lipinski definition) is 11. The van der Waals surface area contributed by atoms with Gasteiger partial charge in [-0.1, -0.05) is 6.92 Å². The minimum atomic E-state index is -4.77. The van der Waals surface area contributed by atoms with Gasteiger partial charge in [0.25, 0.3) is 7.52 Å². The zero-order valence-corrected chi connectivity index (χ0v) is 22.4. The maximum Gasteiger partial charge on any atom is 0.336 e. The molecule has 19 heteroatoms. The van der Waals surface area contributed by atoms with Gasteiger partial charge in [0.1, 0.15) is 24.2 Å². The van der Waals surface area contributed by atoms with E-state index in [9.17, 15) is 24.2 Å². The van der Waals surface area contributed by atoms with Gasteiger partial charge in [-0.3, -0.25) is 23.9 Å². The number of aliphatic hydroxyl groups excluding tert-OH is 2. The molecule has 2 aliphatic rings. The summed E-state index contributed by atoms with van der Waals surface area (Å²) < 4.78 is 30.2. The first-order valence-electron chi connectivity index (χ1n) is 11.6. The molecule has 4 unspecified atom stereocenters. The highest BCUT2D eigenvalue weighted by Crippen LogP contribution is 2.52. The Morgan fingerprint density at radius 1 is 1.24 bits per heavy atom. The van der Waals surface area contributed by atoms with Gasteiger partial charge >= 0.3 is 7.60 Å². The van der Waals surface area contributed by atoms with E-state index in [-0.39, 0.29) is 17.1 Å². The van der Waals surface area contributed by atoms with Crippen LogP contribution >= 0.6 is 26.7 Å². The van der Waals surface area contributed by atoms with Crippen LogP contribution in [0, 0.1) is 0 Å². The lowest BCUT2D eigenvalue weighted by molar-refractivity contribution is -0.0331. The number of aromatic nitrogens is 4. The summed E-state index contributed by atoms with van der Waals surface area (Å²) in [5, 5.41) is 29.8. The van der Waals surface area contributed by atoms with Crippen LogP contribution in [-0.4, -0.2) is 112 Å². The first kappa shape index (κ1) is 28.7. The highest BCUT2D eigenvalue weighted by molar-refractivity contribution is 7.71. The Balaban J connectivity index is 1.51. The predicted octanol–water partition coefficient (Wildman–Crippen LogP) is -0.938. The van der Waals surface area contributed by atoms with E-state index in [0.29, 0.717) is 11.3 Å². The van der Waals surface area contributed by atoms with Gasteiger partial charge in [-0.25, -0.2) is 10.1 Å². The largest absolute Gasteiger partial charge is 0.387 e. The van der Waals surface area contributed by atoms with Crippen molar-refractivity contribution in [2.45, 2.75) is 44.1 Å². The summed E-state index contributed by atoms with van der Waals surface area (Å²) in [6, 6.07) is 0. The molecule has 16 nitrogen and oxygen atoms in total. The normalized spacial score (nSPS) is 29.0. The summed E-state index contributed by atoms with van der Waals surface area (Å²) in [6.45, 7) is 5.08. The molecule has 0 aromatic carbocycles. The molecule has 2 fully saturated rings. The maximum atomic E-state index is 12.0. The average molecular weight is 585 g/mol. The lowest BCUT2D eigenvalue weighted by Gasteiger charge is -2.34. The second-order valence-corrected chi connectivity index (χ2v) is 13.6. The Hall–Kier alpha value is -1.26. The zero-order valence-electron chi connectivity index (χ0n) is 19.9. The van der Waals surface area contributed by atoms with Crippen LogP contribution in [0.2, 0.25) is 5.28 Å². The number of anilines is 1. The number of hydrogen-bond donors (Lipinski definition) is 8. The van der Waals surface area contributed by atoms with Gasteiger partial charge in [0.15, 0.2) is 23.2 Å². The quantitative estimate of drug-likeness (QED) is 0.124. The highest BCUT2D eigenvalue weighted by Gasteiger charge is 2.45. The number of ether oxygens (including phenoxy) is 1. The summed E-state index contributed by atoms with van der Waals surface area (Å²) in [4.78, 5) is 42.9. The van der Waals surface area contributed by atoms with E-state index in [2.05, 4.69) is 42.5 Å². The molecule has 4 rings (SSSR count). The number of piperazine rings is 1. The molecule has 0 radical (unpaired) electrons. The molecule has 0 bridgehead atoms. The molecule has 2 aromatic rings. The number of aliphatic hydroxyl groups is 2. The third kappa shape index (κ3) is 7.04. The molecule has 2 saturated heterocycles. The molecule has 8 N–H and O–H groups in total. The van der Waals surface area contributed by atoms with Crippen molar-refractivity contribution in [2.75, 3.05) is 43.9 Å². The molecular formula is C18H31ClN8O8P2. The van der Waals surface area contributed by atoms with Crippen LogP contribution in [0.4, 0.5) is 5.82 Å². The van der Waals surface area contributed by atoms with Crippen LogP contribution in [0.1, 0.15) is 19.6 Å². The van der Waals surface area contributed by atoms with Crippen LogP contribution in [-0.2, 0) is 13.9 Å². The van der Waals surface area contributed by atoms with Crippen molar-refractivity contribution in [1.82, 2.24) is 34.8 Å². The zero-order chi connectivity index (χ0) is 27.0. The second kappa shape index (κ2) is 11.5. The molecule has 6 atom stereocenters. The van der Waals surface area contributed by atoms with Gasteiger partial charge in [0, 0.05) is 26.2 Å². The molecular weight excluding hydrogens is 554 g/mol. The lowest BCUT2D eigenvalue weighted by Crippen LogP contribution is -2.54. The van der Waals surface area contributed by atoms with E-state index in [4.69, 9.17) is 26.1 Å². The third-order valence-corrected chi connectivity index (χ3v) is 9.88. The maximum absolute atomic E-state index is 12.0. The monoisotopic (exact) mass is 584 g/mol. The number of imidazole rings is 1. The molecule has 37 heavy (non-hydrogen) atoms. The minimum absolute atomic E-state index is 0.0807. The molecule has 0 spiro atoms. The molecule has 4 heterocycles. The standard InChI is InChI=1S/C18H31ClN8O8P2/c1-2-4-26-5-3-20-11(7-26)23-15-12-16(25-18(19)24-15)27(8-21-12)17-14(29)13(28)10(35-17)6-22-36(30,31)9-37(32,33)34/h8,10-11,13-14,17,20,28-29H,2-7,9H2,1H3,(H2,22,30,31)(H,23,24,25)(H2,32,33,34)/t10-,11?,13?,14?,17-/m1/s1. The summed E-state index contributed by atoms with van der Waals surface area (Å²) in [6.07, 6.45) is -3.06. The number of fused-ring (bicyclic) bond motifs is 1. The van der Waals surface area contributed by atoms with Gasteiger partial charge < -0.3 is 34.9 Å². The van der Waals surface area contributed by atoms with Crippen LogP contribution < -0.4 is 15.7 Å². The van der Waals surface area contributed by atoms with Crippen molar-refractivity contribution in [3.8, 4) is 0 Å². The Bertz CT molecular complexity index is 1200. The van der Waals surface area contributed by atoms with Crippen LogP contribution in [0.5, 0.6) is 0 Å². The number of nitrogens with zero attached hydrogens (tertiary/aromatic N) is 5. The predicted molar refractivity (Wildman–Crippen MR) is 133 cm³/mol. The van der Waals surface area contributed by atoms with Crippen molar-refractivity contribution in [3.63, 3.8) is 0 Å². The van der Waals surface area contributed by atoms with E-state index in [0.717, 1.165) is 32.6 Å². The average Bonchev–Trinajstić information content (AvgIpc) is 3.32. The Kier molecular flexibility index (Phi) is 8.90. The Morgan fingerprint density at radius 3 is 2.70 bits per heavy atom. The fourth-order valence-corrected chi connectivity index (χ4v) is 7.46. The molecule has 208 valence electrons. The van der Waals surface area contributed by atoms with Crippen molar-refractivity contribution in [1.29, 1.82) is 0 Å². The first-order chi connectivity index (χ1) is 17.4. The van der Waals surface area contributed by atoms with Crippen molar-refractivity contribution >= 4 is 43.7 Å². The number of rotatable bonds is 10. The summed E-state index contributed by atoms with van der Waals surface area (Å²) >= 11 is 6.18. The fraction of sp³-hybridized carbons (Fsp3) is 0.722. The number of nitrogens with one attached hydrogen (secondary N) is 3. The molecule has 2 aliphatic heterocycles. The highest BCUT2D eigenvalue weighted by atomic mass is 35.5. The van der Waals surface area contributed by atoms with E-state index < -0.39 is 52.1 Å². The van der Waals surface area contributed by atoms with E-state index in [1.54, 1.807) is 0 Å². The van der Waals surface area contributed by atoms with Crippen LogP contribution in [0.15, 0.2) is 6.33 Å². The smallest absolute Gasteiger partial charge is 0.336 e. The van der Waals surface area contributed by atoms with Crippen molar-refractivity contribution in [2.24, 2.45) is 0 Å². The van der Waals surface area contributed by atoms with Gasteiger partial charge in [-0.15, -0.1) is 0 Å². The minimum Gasteiger partial charge on any atom is -0.387 e. The summed E-state index contributed by atoms with van der Waals surface area (Å²) in [5.74, 6) is -0.910. The Labute approximate surface area is 217 Å². The van der Waals surface area contributed by atoms with E-state index >= 15 is 0 Å². The second-order valence-electron chi connectivity index (χ2n) is 9.03. The van der Waals surface area contributed by atoms with Gasteiger partial charge in [-0.05, 0) is 24.6 Å². The summed E-state index contributed by atoms with van der Waals surface area (Å²) in [7, 11) is -9.20. The molecule has 0 aliphatic carbocycles. The topological polar surface area (TPSA) is 227 Å².